The highest BCUT2D eigenvalue weighted by Crippen LogP contribution is 2.15. The zero-order valence-electron chi connectivity index (χ0n) is 12.1. The molecule has 0 aromatic heterocycles. The summed E-state index contributed by atoms with van der Waals surface area (Å²) in [7, 11) is 0. The van der Waals surface area contributed by atoms with Gasteiger partial charge in [0.1, 0.15) is 0 Å². The first-order valence-corrected chi connectivity index (χ1v) is 7.91. The van der Waals surface area contributed by atoms with Crippen molar-refractivity contribution < 1.29 is 0 Å². The van der Waals surface area contributed by atoms with Gasteiger partial charge in [-0.1, -0.05) is 32.0 Å². The Hall–Kier alpha value is -1.16. The van der Waals surface area contributed by atoms with Crippen molar-refractivity contribution >= 4 is 17.7 Å². The molecule has 0 bridgehead atoms. The smallest absolute Gasteiger partial charge is 0.191 e. The van der Waals surface area contributed by atoms with Crippen LogP contribution in [0.2, 0.25) is 0 Å². The summed E-state index contributed by atoms with van der Waals surface area (Å²) >= 11 is 1.86. The number of guanidine groups is 1. The lowest BCUT2D eigenvalue weighted by Gasteiger charge is -2.11. The summed E-state index contributed by atoms with van der Waals surface area (Å²) < 4.78 is 0. The normalized spacial score (nSPS) is 11.7. The van der Waals surface area contributed by atoms with Crippen molar-refractivity contribution in [2.45, 2.75) is 25.7 Å². The van der Waals surface area contributed by atoms with Gasteiger partial charge in [-0.05, 0) is 25.0 Å². The Balaban J connectivity index is 2.26. The lowest BCUT2D eigenvalue weighted by Crippen LogP contribution is -2.38. The number of rotatable bonds is 7. The second kappa shape index (κ2) is 9.73. The molecule has 2 N–H and O–H groups in total. The largest absolute Gasteiger partial charge is 0.357 e. The number of thioether (sulfide) groups is 1. The maximum absolute atomic E-state index is 4.54. The monoisotopic (exact) mass is 279 g/mol. The molecule has 0 amide bonds. The van der Waals surface area contributed by atoms with Crippen LogP contribution in [0.3, 0.4) is 0 Å². The molecular formula is C15H25N3S. The van der Waals surface area contributed by atoms with Gasteiger partial charge in [0.05, 0.1) is 0 Å². The Morgan fingerprint density at radius 1 is 1.21 bits per heavy atom. The molecule has 0 aliphatic heterocycles. The molecular weight excluding hydrogens is 254 g/mol. The summed E-state index contributed by atoms with van der Waals surface area (Å²) in [5.74, 6) is 2.55. The molecule has 1 aromatic rings. The van der Waals surface area contributed by atoms with Gasteiger partial charge in [0.15, 0.2) is 5.96 Å². The summed E-state index contributed by atoms with van der Waals surface area (Å²) in [6, 6.07) is 10.5. The van der Waals surface area contributed by atoms with Gasteiger partial charge in [-0.15, -0.1) is 11.8 Å². The van der Waals surface area contributed by atoms with Crippen LogP contribution < -0.4 is 10.6 Å². The highest BCUT2D eigenvalue weighted by molar-refractivity contribution is 7.99. The van der Waals surface area contributed by atoms with Gasteiger partial charge in [-0.25, -0.2) is 0 Å². The Morgan fingerprint density at radius 2 is 1.95 bits per heavy atom. The average molecular weight is 279 g/mol. The average Bonchev–Trinajstić information content (AvgIpc) is 2.41. The van der Waals surface area contributed by atoms with Crippen LogP contribution in [-0.4, -0.2) is 31.3 Å². The first-order valence-electron chi connectivity index (χ1n) is 6.92. The minimum atomic E-state index is 0.592. The number of benzene rings is 1. The van der Waals surface area contributed by atoms with Crippen LogP contribution in [0.25, 0.3) is 0 Å². The summed E-state index contributed by atoms with van der Waals surface area (Å²) in [5, 5.41) is 6.63. The van der Waals surface area contributed by atoms with Gasteiger partial charge in [-0.2, -0.15) is 0 Å². The van der Waals surface area contributed by atoms with E-state index in [9.17, 15) is 0 Å². The zero-order chi connectivity index (χ0) is 13.9. The minimum absolute atomic E-state index is 0.592. The molecule has 0 heterocycles. The number of hydrogen-bond acceptors (Lipinski definition) is 2. The SMILES string of the molecule is CCNC(=NCC(C)C)NCCSc1ccccc1. The van der Waals surface area contributed by atoms with Gasteiger partial charge < -0.3 is 10.6 Å². The minimum Gasteiger partial charge on any atom is -0.357 e. The van der Waals surface area contributed by atoms with Crippen LogP contribution in [-0.2, 0) is 0 Å². The van der Waals surface area contributed by atoms with E-state index in [2.05, 4.69) is 60.7 Å². The van der Waals surface area contributed by atoms with E-state index in [4.69, 9.17) is 0 Å². The van der Waals surface area contributed by atoms with E-state index in [1.807, 2.05) is 17.8 Å². The Morgan fingerprint density at radius 3 is 2.58 bits per heavy atom. The van der Waals surface area contributed by atoms with E-state index < -0.39 is 0 Å². The Kier molecular flexibility index (Phi) is 8.14. The maximum atomic E-state index is 4.54. The summed E-state index contributed by atoms with van der Waals surface area (Å²) in [6.07, 6.45) is 0. The third-order valence-corrected chi connectivity index (χ3v) is 3.38. The molecule has 0 aliphatic rings. The third kappa shape index (κ3) is 7.78. The highest BCUT2D eigenvalue weighted by Gasteiger charge is 1.98. The number of nitrogens with zero attached hydrogens (tertiary/aromatic N) is 1. The van der Waals surface area contributed by atoms with Gasteiger partial charge >= 0.3 is 0 Å². The van der Waals surface area contributed by atoms with Gasteiger partial charge in [0.2, 0.25) is 0 Å². The van der Waals surface area contributed by atoms with Crippen molar-refractivity contribution in [3.05, 3.63) is 30.3 Å². The molecule has 1 rings (SSSR count). The van der Waals surface area contributed by atoms with Gasteiger partial charge in [0, 0.05) is 30.3 Å². The van der Waals surface area contributed by atoms with Crippen molar-refractivity contribution in [1.82, 2.24) is 10.6 Å². The van der Waals surface area contributed by atoms with Crippen LogP contribution in [0.15, 0.2) is 40.2 Å². The molecule has 0 aliphatic carbocycles. The molecule has 0 saturated heterocycles. The highest BCUT2D eigenvalue weighted by atomic mass is 32.2. The molecule has 106 valence electrons. The molecule has 19 heavy (non-hydrogen) atoms. The van der Waals surface area contributed by atoms with E-state index in [0.717, 1.165) is 31.3 Å². The predicted octanol–water partition coefficient (Wildman–Crippen LogP) is 2.99. The second-order valence-corrected chi connectivity index (χ2v) is 5.87. The lowest BCUT2D eigenvalue weighted by atomic mass is 10.2. The van der Waals surface area contributed by atoms with Gasteiger partial charge in [-0.3, -0.25) is 4.99 Å². The molecule has 0 radical (unpaired) electrons. The van der Waals surface area contributed by atoms with Crippen LogP contribution in [0.1, 0.15) is 20.8 Å². The zero-order valence-corrected chi connectivity index (χ0v) is 13.0. The van der Waals surface area contributed by atoms with E-state index >= 15 is 0 Å². The first kappa shape index (κ1) is 15.9. The Bertz CT molecular complexity index is 363. The quantitative estimate of drug-likeness (QED) is 0.349. The molecule has 4 heteroatoms. The summed E-state index contributed by atoms with van der Waals surface area (Å²) in [5.41, 5.74) is 0. The first-order chi connectivity index (χ1) is 9.22. The summed E-state index contributed by atoms with van der Waals surface area (Å²) in [4.78, 5) is 5.86. The van der Waals surface area contributed by atoms with E-state index in [0.29, 0.717) is 5.92 Å². The third-order valence-electron chi connectivity index (χ3n) is 2.37. The predicted molar refractivity (Wildman–Crippen MR) is 86.0 cm³/mol. The van der Waals surface area contributed by atoms with Crippen molar-refractivity contribution in [2.24, 2.45) is 10.9 Å². The van der Waals surface area contributed by atoms with E-state index in [1.165, 1.54) is 4.90 Å². The van der Waals surface area contributed by atoms with Crippen LogP contribution >= 0.6 is 11.8 Å². The van der Waals surface area contributed by atoms with Crippen molar-refractivity contribution in [1.29, 1.82) is 0 Å². The second-order valence-electron chi connectivity index (χ2n) is 4.70. The number of hydrogen-bond donors (Lipinski definition) is 2. The molecule has 3 nitrogen and oxygen atoms in total. The van der Waals surface area contributed by atoms with Crippen molar-refractivity contribution in [3.63, 3.8) is 0 Å². The van der Waals surface area contributed by atoms with Crippen LogP contribution in [0.4, 0.5) is 0 Å². The molecule has 0 unspecified atom stereocenters. The fourth-order valence-corrected chi connectivity index (χ4v) is 2.26. The maximum Gasteiger partial charge on any atom is 0.191 e. The summed E-state index contributed by atoms with van der Waals surface area (Å²) in [6.45, 7) is 9.13. The molecule has 1 aromatic carbocycles. The molecule has 0 spiro atoms. The molecule has 0 fully saturated rings. The molecule has 0 saturated carbocycles. The van der Waals surface area contributed by atoms with Crippen molar-refractivity contribution in [2.75, 3.05) is 25.4 Å². The number of aliphatic imine (C=N–C) groups is 1. The van der Waals surface area contributed by atoms with Crippen molar-refractivity contribution in [3.8, 4) is 0 Å². The molecule has 0 atom stereocenters. The van der Waals surface area contributed by atoms with Crippen LogP contribution in [0.5, 0.6) is 0 Å². The van der Waals surface area contributed by atoms with E-state index in [1.54, 1.807) is 0 Å². The topological polar surface area (TPSA) is 36.4 Å². The van der Waals surface area contributed by atoms with Crippen LogP contribution in [0, 0.1) is 5.92 Å². The fourth-order valence-electron chi connectivity index (χ4n) is 1.47. The van der Waals surface area contributed by atoms with E-state index in [-0.39, 0.29) is 0 Å². The Labute approximate surface area is 121 Å². The standard InChI is InChI=1S/C15H25N3S/c1-4-16-15(18-12-13(2)3)17-10-11-19-14-8-6-5-7-9-14/h5-9,13H,4,10-12H2,1-3H3,(H2,16,17,18). The number of nitrogens with one attached hydrogen (secondary N) is 2. The van der Waals surface area contributed by atoms with Gasteiger partial charge in [0.25, 0.3) is 0 Å². The lowest BCUT2D eigenvalue weighted by molar-refractivity contribution is 0.658. The fraction of sp³-hybridized carbons (Fsp3) is 0.533.